The van der Waals surface area contributed by atoms with Crippen molar-refractivity contribution in [3.63, 3.8) is 0 Å². The van der Waals surface area contributed by atoms with Crippen LogP contribution in [-0.4, -0.2) is 18.5 Å². The highest BCUT2D eigenvalue weighted by Gasteiger charge is 2.11. The first-order chi connectivity index (χ1) is 11.0. The van der Waals surface area contributed by atoms with Gasteiger partial charge in [-0.05, 0) is 36.8 Å². The summed E-state index contributed by atoms with van der Waals surface area (Å²) in [5, 5.41) is 7.93. The van der Waals surface area contributed by atoms with Gasteiger partial charge in [-0.25, -0.2) is 4.79 Å². The van der Waals surface area contributed by atoms with Gasteiger partial charge >= 0.3 is 6.03 Å². The molecule has 0 spiro atoms. The number of carbonyl (C=O) groups excluding carboxylic acids is 2. The van der Waals surface area contributed by atoms with E-state index in [1.165, 1.54) is 6.26 Å². The molecule has 0 unspecified atom stereocenters. The third-order valence-electron chi connectivity index (χ3n) is 3.14. The van der Waals surface area contributed by atoms with Crippen molar-refractivity contribution in [1.82, 2.24) is 16.0 Å². The van der Waals surface area contributed by atoms with Gasteiger partial charge in [-0.1, -0.05) is 28.1 Å². The maximum absolute atomic E-state index is 11.9. The Kier molecular flexibility index (Phi) is 6.22. The van der Waals surface area contributed by atoms with E-state index in [4.69, 9.17) is 4.42 Å². The highest BCUT2D eigenvalue weighted by molar-refractivity contribution is 9.10. The first kappa shape index (κ1) is 17.1. The minimum atomic E-state index is -0.424. The number of benzene rings is 1. The van der Waals surface area contributed by atoms with E-state index in [1.54, 1.807) is 12.1 Å². The Bertz CT molecular complexity index is 658. The van der Waals surface area contributed by atoms with Crippen LogP contribution in [0.2, 0.25) is 0 Å². The molecule has 0 aliphatic heterocycles. The van der Waals surface area contributed by atoms with E-state index < -0.39 is 6.03 Å². The Hall–Kier alpha value is -2.28. The minimum absolute atomic E-state index is 0.0949. The van der Waals surface area contributed by atoms with E-state index in [0.717, 1.165) is 10.0 Å². The maximum atomic E-state index is 11.9. The van der Waals surface area contributed by atoms with E-state index in [2.05, 4.69) is 31.9 Å². The van der Waals surface area contributed by atoms with E-state index in [0.29, 0.717) is 5.76 Å². The molecule has 1 aromatic heterocycles. The van der Waals surface area contributed by atoms with Crippen molar-refractivity contribution in [1.29, 1.82) is 0 Å². The highest BCUT2D eigenvalue weighted by Crippen LogP contribution is 2.17. The summed E-state index contributed by atoms with van der Waals surface area (Å²) in [7, 11) is 0. The predicted molar refractivity (Wildman–Crippen MR) is 89.6 cm³/mol. The third kappa shape index (κ3) is 5.78. The van der Waals surface area contributed by atoms with Gasteiger partial charge < -0.3 is 20.4 Å². The van der Waals surface area contributed by atoms with Gasteiger partial charge in [0.1, 0.15) is 5.76 Å². The predicted octanol–water partition coefficient (Wildman–Crippen LogP) is 2.72. The molecule has 2 rings (SSSR count). The Balaban J connectivity index is 1.71. The van der Waals surface area contributed by atoms with Crippen molar-refractivity contribution in [3.05, 3.63) is 58.5 Å². The molecule has 1 atom stereocenters. The lowest BCUT2D eigenvalue weighted by Gasteiger charge is -2.15. The van der Waals surface area contributed by atoms with Gasteiger partial charge in [-0.3, -0.25) is 4.79 Å². The van der Waals surface area contributed by atoms with Crippen molar-refractivity contribution < 1.29 is 14.0 Å². The Morgan fingerprint density at radius 3 is 2.74 bits per heavy atom. The summed E-state index contributed by atoms with van der Waals surface area (Å²) in [6.07, 6.45) is 1.53. The Morgan fingerprint density at radius 2 is 2.04 bits per heavy atom. The van der Waals surface area contributed by atoms with Gasteiger partial charge in [0.25, 0.3) is 0 Å². The van der Waals surface area contributed by atoms with E-state index in [1.807, 2.05) is 31.2 Å². The van der Waals surface area contributed by atoms with Crippen LogP contribution in [0.4, 0.5) is 4.79 Å². The summed E-state index contributed by atoms with van der Waals surface area (Å²) < 4.78 is 6.05. The van der Waals surface area contributed by atoms with Crippen LogP contribution in [0.3, 0.4) is 0 Å². The zero-order valence-corrected chi connectivity index (χ0v) is 14.2. The SMILES string of the molecule is C[C@H](NC(=O)CNC(=O)NCc1ccco1)c1cccc(Br)c1. The van der Waals surface area contributed by atoms with Crippen LogP contribution in [0.5, 0.6) is 0 Å². The quantitative estimate of drug-likeness (QED) is 0.721. The number of urea groups is 1. The zero-order chi connectivity index (χ0) is 16.7. The molecule has 0 fully saturated rings. The second kappa shape index (κ2) is 8.38. The molecule has 0 bridgehead atoms. The molecular weight excluding hydrogens is 362 g/mol. The van der Waals surface area contributed by atoms with Crippen molar-refractivity contribution in [2.24, 2.45) is 0 Å². The van der Waals surface area contributed by atoms with Crippen molar-refractivity contribution in [3.8, 4) is 0 Å². The second-order valence-electron chi connectivity index (χ2n) is 4.96. The molecule has 122 valence electrons. The van der Waals surface area contributed by atoms with Crippen LogP contribution >= 0.6 is 15.9 Å². The molecule has 1 heterocycles. The number of rotatable bonds is 6. The zero-order valence-electron chi connectivity index (χ0n) is 12.6. The van der Waals surface area contributed by atoms with Gasteiger partial charge in [-0.15, -0.1) is 0 Å². The number of furan rings is 1. The summed E-state index contributed by atoms with van der Waals surface area (Å²) in [4.78, 5) is 23.5. The molecule has 1 aromatic carbocycles. The Labute approximate surface area is 142 Å². The maximum Gasteiger partial charge on any atom is 0.315 e. The number of halogens is 1. The van der Waals surface area contributed by atoms with Crippen LogP contribution in [0.25, 0.3) is 0 Å². The monoisotopic (exact) mass is 379 g/mol. The molecule has 23 heavy (non-hydrogen) atoms. The standard InChI is InChI=1S/C16H18BrN3O3/c1-11(12-4-2-5-13(17)8-12)20-15(21)10-19-16(22)18-9-14-6-3-7-23-14/h2-8,11H,9-10H2,1H3,(H,20,21)(H2,18,19,22)/t11-/m0/s1. The molecule has 3 amide bonds. The lowest BCUT2D eigenvalue weighted by Crippen LogP contribution is -2.42. The fourth-order valence-electron chi connectivity index (χ4n) is 1.96. The molecule has 2 aromatic rings. The smallest absolute Gasteiger partial charge is 0.315 e. The molecule has 3 N–H and O–H groups in total. The number of carbonyl (C=O) groups is 2. The van der Waals surface area contributed by atoms with Crippen molar-refractivity contribution in [2.45, 2.75) is 19.5 Å². The summed E-state index contributed by atoms with van der Waals surface area (Å²) in [6, 6.07) is 10.6. The number of hydrogen-bond acceptors (Lipinski definition) is 3. The highest BCUT2D eigenvalue weighted by atomic mass is 79.9. The molecule has 0 aliphatic rings. The van der Waals surface area contributed by atoms with E-state index in [9.17, 15) is 9.59 Å². The van der Waals surface area contributed by atoms with Crippen LogP contribution < -0.4 is 16.0 Å². The normalized spacial score (nSPS) is 11.6. The average Bonchev–Trinajstić information content (AvgIpc) is 3.04. The van der Waals surface area contributed by atoms with Gasteiger partial charge in [-0.2, -0.15) is 0 Å². The van der Waals surface area contributed by atoms with Gasteiger partial charge in [0, 0.05) is 4.47 Å². The molecule has 6 nitrogen and oxygen atoms in total. The third-order valence-corrected chi connectivity index (χ3v) is 3.63. The van der Waals surface area contributed by atoms with Crippen LogP contribution in [0.1, 0.15) is 24.3 Å². The van der Waals surface area contributed by atoms with E-state index >= 15 is 0 Å². The average molecular weight is 380 g/mol. The van der Waals surface area contributed by atoms with Crippen LogP contribution in [0.15, 0.2) is 51.6 Å². The summed E-state index contributed by atoms with van der Waals surface area (Å²) in [5.74, 6) is 0.388. The van der Waals surface area contributed by atoms with Gasteiger partial charge in [0.15, 0.2) is 0 Å². The fraction of sp³-hybridized carbons (Fsp3) is 0.250. The summed E-state index contributed by atoms with van der Waals surface area (Å²) in [5.41, 5.74) is 0.981. The first-order valence-electron chi connectivity index (χ1n) is 7.13. The second-order valence-corrected chi connectivity index (χ2v) is 5.88. The molecule has 0 aliphatic carbocycles. The number of hydrogen-bond donors (Lipinski definition) is 3. The number of amides is 3. The first-order valence-corrected chi connectivity index (χ1v) is 7.93. The summed E-state index contributed by atoms with van der Waals surface area (Å²) >= 11 is 3.39. The lowest BCUT2D eigenvalue weighted by molar-refractivity contribution is -0.120. The molecular formula is C16H18BrN3O3. The molecule has 0 radical (unpaired) electrons. The Morgan fingerprint density at radius 1 is 1.22 bits per heavy atom. The summed E-state index contributed by atoms with van der Waals surface area (Å²) in [6.45, 7) is 2.06. The van der Waals surface area contributed by atoms with Crippen LogP contribution in [-0.2, 0) is 11.3 Å². The minimum Gasteiger partial charge on any atom is -0.467 e. The molecule has 0 saturated heterocycles. The van der Waals surface area contributed by atoms with Gasteiger partial charge in [0.05, 0.1) is 25.4 Å². The van der Waals surface area contributed by atoms with E-state index in [-0.39, 0.29) is 25.0 Å². The topological polar surface area (TPSA) is 83.4 Å². The van der Waals surface area contributed by atoms with Crippen molar-refractivity contribution >= 4 is 27.9 Å². The number of nitrogens with one attached hydrogen (secondary N) is 3. The molecule has 7 heteroatoms. The van der Waals surface area contributed by atoms with Crippen LogP contribution in [0, 0.1) is 0 Å². The largest absolute Gasteiger partial charge is 0.467 e. The molecule has 0 saturated carbocycles. The fourth-order valence-corrected chi connectivity index (χ4v) is 2.37. The lowest BCUT2D eigenvalue weighted by atomic mass is 10.1. The van der Waals surface area contributed by atoms with Crippen molar-refractivity contribution in [2.75, 3.05) is 6.54 Å². The van der Waals surface area contributed by atoms with Gasteiger partial charge in [0.2, 0.25) is 5.91 Å².